The van der Waals surface area contributed by atoms with Gasteiger partial charge in [-0.2, -0.15) is 5.10 Å². The van der Waals surface area contributed by atoms with Gasteiger partial charge in [-0.05, 0) is 32.0 Å². The number of aryl methyl sites for hydroxylation is 1. The van der Waals surface area contributed by atoms with Gasteiger partial charge in [-0.3, -0.25) is 19.6 Å². The van der Waals surface area contributed by atoms with Crippen molar-refractivity contribution in [2.24, 2.45) is 7.05 Å². The zero-order valence-electron chi connectivity index (χ0n) is 13.7. The van der Waals surface area contributed by atoms with Crippen molar-refractivity contribution >= 4 is 23.3 Å². The Morgan fingerprint density at radius 2 is 2.08 bits per heavy atom. The van der Waals surface area contributed by atoms with Crippen molar-refractivity contribution in [3.05, 3.63) is 45.8 Å². The van der Waals surface area contributed by atoms with Crippen molar-refractivity contribution in [2.45, 2.75) is 20.0 Å². The van der Waals surface area contributed by atoms with E-state index < -0.39 is 22.5 Å². The van der Waals surface area contributed by atoms with E-state index in [-0.39, 0.29) is 28.8 Å². The van der Waals surface area contributed by atoms with E-state index in [1.165, 1.54) is 25.2 Å². The van der Waals surface area contributed by atoms with Gasteiger partial charge in [-0.15, -0.1) is 0 Å². The lowest BCUT2D eigenvalue weighted by Crippen LogP contribution is -2.17. The van der Waals surface area contributed by atoms with Crippen molar-refractivity contribution in [1.29, 1.82) is 0 Å². The van der Waals surface area contributed by atoms with Crippen molar-refractivity contribution in [3.63, 3.8) is 0 Å². The summed E-state index contributed by atoms with van der Waals surface area (Å²) >= 11 is 0. The van der Waals surface area contributed by atoms with Crippen LogP contribution < -0.4 is 10.1 Å². The monoisotopic (exact) mass is 348 g/mol. The number of rotatable bonds is 6. The Labute approximate surface area is 142 Å². The van der Waals surface area contributed by atoms with Gasteiger partial charge in [-0.1, -0.05) is 0 Å². The second-order valence-corrected chi connectivity index (χ2v) is 5.43. The molecule has 0 spiro atoms. The lowest BCUT2D eigenvalue weighted by atomic mass is 10.1. The van der Waals surface area contributed by atoms with E-state index in [1.54, 1.807) is 13.8 Å². The quantitative estimate of drug-likeness (QED) is 0.602. The molecule has 0 aliphatic heterocycles. The zero-order chi connectivity index (χ0) is 18.7. The highest BCUT2D eigenvalue weighted by atomic mass is 16.6. The topological polar surface area (TPSA) is 137 Å². The molecule has 1 aromatic carbocycles. The van der Waals surface area contributed by atoms with Crippen LogP contribution in [0.5, 0.6) is 5.75 Å². The number of carbonyl (C=O) groups is 2. The summed E-state index contributed by atoms with van der Waals surface area (Å²) in [5, 5.41) is 26.3. The van der Waals surface area contributed by atoms with E-state index in [0.29, 0.717) is 0 Å². The maximum Gasteiger partial charge on any atom is 0.335 e. The van der Waals surface area contributed by atoms with Crippen LogP contribution in [0.15, 0.2) is 24.4 Å². The summed E-state index contributed by atoms with van der Waals surface area (Å²) in [5.74, 6) is -1.79. The molecule has 0 fully saturated rings. The van der Waals surface area contributed by atoms with Crippen molar-refractivity contribution in [2.75, 3.05) is 5.32 Å². The number of ether oxygens (including phenoxy) is 1. The molecule has 0 unspecified atom stereocenters. The molecule has 2 rings (SSSR count). The van der Waals surface area contributed by atoms with Gasteiger partial charge in [0, 0.05) is 7.05 Å². The van der Waals surface area contributed by atoms with Crippen LogP contribution in [0.2, 0.25) is 0 Å². The molecule has 0 radical (unpaired) electrons. The van der Waals surface area contributed by atoms with Gasteiger partial charge in [0.05, 0.1) is 22.3 Å². The predicted molar refractivity (Wildman–Crippen MR) is 87.0 cm³/mol. The lowest BCUT2D eigenvalue weighted by Gasteiger charge is -2.15. The standard InChI is InChI=1S/C15H16N4O6/c1-8(2)25-12-5-4-9(15(21)22)6-10(12)16-14(20)13-11(19(23)24)7-18(3)17-13/h4-8H,1-3H3,(H,16,20)(H,21,22). The molecule has 10 nitrogen and oxygen atoms in total. The fourth-order valence-corrected chi connectivity index (χ4v) is 2.07. The molecule has 2 aromatic rings. The SMILES string of the molecule is CC(C)Oc1ccc(C(=O)O)cc1NC(=O)c1nn(C)cc1[N+](=O)[O-]. The molecule has 0 aliphatic rings. The third-order valence-corrected chi connectivity index (χ3v) is 3.06. The Kier molecular flexibility index (Phi) is 5.01. The van der Waals surface area contributed by atoms with E-state index in [1.807, 2.05) is 0 Å². The first-order valence-electron chi connectivity index (χ1n) is 7.22. The van der Waals surface area contributed by atoms with Crippen LogP contribution in [0.25, 0.3) is 0 Å². The van der Waals surface area contributed by atoms with E-state index in [2.05, 4.69) is 10.4 Å². The Bertz CT molecular complexity index is 843. The van der Waals surface area contributed by atoms with Gasteiger partial charge < -0.3 is 15.2 Å². The van der Waals surface area contributed by atoms with Crippen LogP contribution in [0.3, 0.4) is 0 Å². The molecule has 0 saturated heterocycles. The minimum Gasteiger partial charge on any atom is -0.489 e. The number of carboxylic acid groups (broad SMARTS) is 1. The van der Waals surface area contributed by atoms with E-state index in [4.69, 9.17) is 9.84 Å². The number of anilines is 1. The van der Waals surface area contributed by atoms with E-state index >= 15 is 0 Å². The van der Waals surface area contributed by atoms with Crippen LogP contribution >= 0.6 is 0 Å². The summed E-state index contributed by atoms with van der Waals surface area (Å²) in [7, 11) is 1.45. The maximum absolute atomic E-state index is 12.4. The largest absolute Gasteiger partial charge is 0.489 e. The highest BCUT2D eigenvalue weighted by molar-refractivity contribution is 6.06. The Balaban J connectivity index is 2.40. The van der Waals surface area contributed by atoms with Crippen LogP contribution in [0, 0.1) is 10.1 Å². The highest BCUT2D eigenvalue weighted by Gasteiger charge is 2.26. The Morgan fingerprint density at radius 1 is 1.40 bits per heavy atom. The second-order valence-electron chi connectivity index (χ2n) is 5.43. The van der Waals surface area contributed by atoms with Gasteiger partial charge >= 0.3 is 11.7 Å². The number of carbonyl (C=O) groups excluding carboxylic acids is 1. The number of aromatic carboxylic acids is 1. The summed E-state index contributed by atoms with van der Waals surface area (Å²) in [6.07, 6.45) is 0.879. The molecule has 0 aliphatic carbocycles. The molecule has 1 aromatic heterocycles. The molecule has 0 bridgehead atoms. The fraction of sp³-hybridized carbons (Fsp3) is 0.267. The lowest BCUT2D eigenvalue weighted by molar-refractivity contribution is -0.385. The smallest absolute Gasteiger partial charge is 0.335 e. The van der Waals surface area contributed by atoms with Gasteiger partial charge in [0.1, 0.15) is 11.9 Å². The number of nitrogens with zero attached hydrogens (tertiary/aromatic N) is 3. The number of carboxylic acids is 1. The minimum absolute atomic E-state index is 0.0677. The van der Waals surface area contributed by atoms with Crippen LogP contribution in [-0.4, -0.2) is 37.8 Å². The summed E-state index contributed by atoms with van der Waals surface area (Å²) in [6.45, 7) is 3.53. The number of hydrogen-bond acceptors (Lipinski definition) is 6. The first-order valence-corrected chi connectivity index (χ1v) is 7.22. The predicted octanol–water partition coefficient (Wildman–Crippen LogP) is 2.07. The van der Waals surface area contributed by atoms with Gasteiger partial charge in [0.25, 0.3) is 5.91 Å². The van der Waals surface area contributed by atoms with Crippen LogP contribution in [-0.2, 0) is 7.05 Å². The summed E-state index contributed by atoms with van der Waals surface area (Å²) < 4.78 is 6.68. The molecule has 1 amide bonds. The molecule has 0 saturated carbocycles. The Hall–Kier alpha value is -3.43. The highest BCUT2D eigenvalue weighted by Crippen LogP contribution is 2.28. The molecule has 10 heteroatoms. The van der Waals surface area contributed by atoms with Crippen LogP contribution in [0.1, 0.15) is 34.7 Å². The van der Waals surface area contributed by atoms with Gasteiger partial charge in [0.2, 0.25) is 5.69 Å². The zero-order valence-corrected chi connectivity index (χ0v) is 13.7. The minimum atomic E-state index is -1.18. The van der Waals surface area contributed by atoms with Gasteiger partial charge in [0.15, 0.2) is 0 Å². The number of hydrogen-bond donors (Lipinski definition) is 2. The van der Waals surface area contributed by atoms with Gasteiger partial charge in [-0.25, -0.2) is 4.79 Å². The van der Waals surface area contributed by atoms with Crippen molar-refractivity contribution in [3.8, 4) is 5.75 Å². The maximum atomic E-state index is 12.4. The molecule has 2 N–H and O–H groups in total. The molecule has 1 heterocycles. The fourth-order valence-electron chi connectivity index (χ4n) is 2.07. The number of nitro groups is 1. The van der Waals surface area contributed by atoms with E-state index in [9.17, 15) is 19.7 Å². The Morgan fingerprint density at radius 3 is 2.64 bits per heavy atom. The van der Waals surface area contributed by atoms with E-state index in [0.717, 1.165) is 10.9 Å². The molecule has 0 atom stereocenters. The third-order valence-electron chi connectivity index (χ3n) is 3.06. The number of nitrogens with one attached hydrogen (secondary N) is 1. The summed E-state index contributed by atoms with van der Waals surface area (Å²) in [4.78, 5) is 33.8. The first kappa shape index (κ1) is 17.9. The van der Waals surface area contributed by atoms with Crippen molar-refractivity contribution in [1.82, 2.24) is 9.78 Å². The normalized spacial score (nSPS) is 10.6. The number of benzene rings is 1. The van der Waals surface area contributed by atoms with Crippen molar-refractivity contribution < 1.29 is 24.4 Å². The average Bonchev–Trinajstić information content (AvgIpc) is 2.90. The molecular formula is C15H16N4O6. The average molecular weight is 348 g/mol. The first-order chi connectivity index (χ1) is 11.7. The summed E-state index contributed by atoms with van der Waals surface area (Å²) in [5.41, 5.74) is -0.829. The number of amides is 1. The molecule has 25 heavy (non-hydrogen) atoms. The number of aromatic nitrogens is 2. The van der Waals surface area contributed by atoms with Crippen LogP contribution in [0.4, 0.5) is 11.4 Å². The molecular weight excluding hydrogens is 332 g/mol. The molecule has 132 valence electrons. The summed E-state index contributed by atoms with van der Waals surface area (Å²) in [6, 6.07) is 3.96. The third kappa shape index (κ3) is 4.10. The second kappa shape index (κ2) is 6.99.